The van der Waals surface area contributed by atoms with E-state index in [1.165, 1.54) is 0 Å². The minimum atomic E-state index is -0.418. The van der Waals surface area contributed by atoms with Crippen LogP contribution in [0.25, 0.3) is 16.5 Å². The SMILES string of the molecule is CC(C)(C)c1cc(NC(=O)Nc2ccc(OCc3ccnc(Nc4cncc(C5CC5)n4)c3)c3ccccc23)n(-c2ccc(O)cc2)n1. The molecule has 3 heterocycles. The number of anilines is 4. The fourth-order valence-electron chi connectivity index (χ4n) is 5.35. The van der Waals surface area contributed by atoms with Crippen molar-refractivity contribution in [1.29, 1.82) is 0 Å². The molecular weight excluding hydrogens is 604 g/mol. The lowest BCUT2D eigenvalue weighted by atomic mass is 9.92. The molecule has 0 saturated heterocycles. The summed E-state index contributed by atoms with van der Waals surface area (Å²) < 4.78 is 7.95. The predicted molar refractivity (Wildman–Crippen MR) is 186 cm³/mol. The van der Waals surface area contributed by atoms with Crippen LogP contribution in [-0.2, 0) is 12.0 Å². The van der Waals surface area contributed by atoms with Gasteiger partial charge >= 0.3 is 6.03 Å². The van der Waals surface area contributed by atoms with Gasteiger partial charge in [0.2, 0.25) is 0 Å². The Kier molecular flexibility index (Phi) is 8.10. The zero-order chi connectivity index (χ0) is 33.3. The van der Waals surface area contributed by atoms with Crippen molar-refractivity contribution in [3.05, 3.63) is 114 Å². The van der Waals surface area contributed by atoms with Crippen molar-refractivity contribution in [3.8, 4) is 17.2 Å². The van der Waals surface area contributed by atoms with Gasteiger partial charge < -0.3 is 20.5 Å². The summed E-state index contributed by atoms with van der Waals surface area (Å²) in [6.07, 6.45) is 7.59. The normalized spacial score (nSPS) is 12.9. The Hall–Kier alpha value is -5.97. The smallest absolute Gasteiger partial charge is 0.324 e. The Morgan fingerprint density at radius 2 is 1.73 bits per heavy atom. The molecule has 11 nitrogen and oxygen atoms in total. The van der Waals surface area contributed by atoms with Crippen LogP contribution in [-0.4, -0.2) is 35.9 Å². The maximum Gasteiger partial charge on any atom is 0.324 e. The number of pyridine rings is 1. The van der Waals surface area contributed by atoms with E-state index >= 15 is 0 Å². The quantitative estimate of drug-likeness (QED) is 0.124. The van der Waals surface area contributed by atoms with Crippen molar-refractivity contribution >= 4 is 39.9 Å². The van der Waals surface area contributed by atoms with Crippen molar-refractivity contribution in [2.75, 3.05) is 16.0 Å². The molecule has 1 fully saturated rings. The topological polar surface area (TPSA) is 139 Å². The first kappa shape index (κ1) is 30.7. The Morgan fingerprint density at radius 1 is 0.938 bits per heavy atom. The van der Waals surface area contributed by atoms with Gasteiger partial charge in [-0.15, -0.1) is 0 Å². The molecule has 1 aliphatic rings. The molecule has 2 amide bonds. The highest BCUT2D eigenvalue weighted by Crippen LogP contribution is 2.39. The second-order valence-corrected chi connectivity index (χ2v) is 12.9. The van der Waals surface area contributed by atoms with Gasteiger partial charge in [-0.25, -0.2) is 19.4 Å². The van der Waals surface area contributed by atoms with Crippen LogP contribution in [0, 0.1) is 0 Å². The molecular formula is C37H36N8O3. The van der Waals surface area contributed by atoms with Crippen molar-refractivity contribution in [1.82, 2.24) is 24.7 Å². The summed E-state index contributed by atoms with van der Waals surface area (Å²) in [5, 5.41) is 25.4. The fourth-order valence-corrected chi connectivity index (χ4v) is 5.35. The van der Waals surface area contributed by atoms with E-state index in [9.17, 15) is 9.90 Å². The maximum atomic E-state index is 13.4. The second-order valence-electron chi connectivity index (χ2n) is 12.9. The number of benzene rings is 3. The van der Waals surface area contributed by atoms with Crippen LogP contribution in [0.4, 0.5) is 27.9 Å². The van der Waals surface area contributed by atoms with Gasteiger partial charge in [0.25, 0.3) is 0 Å². The van der Waals surface area contributed by atoms with Gasteiger partial charge in [-0.05, 0) is 66.9 Å². The number of amides is 2. The Morgan fingerprint density at radius 3 is 2.50 bits per heavy atom. The van der Waals surface area contributed by atoms with Crippen molar-refractivity contribution in [2.24, 2.45) is 0 Å². The lowest BCUT2D eigenvalue weighted by molar-refractivity contribution is 0.262. The molecule has 1 aliphatic carbocycles. The van der Waals surface area contributed by atoms with Crippen molar-refractivity contribution < 1.29 is 14.6 Å². The van der Waals surface area contributed by atoms with Crippen LogP contribution in [0.2, 0.25) is 0 Å². The van der Waals surface area contributed by atoms with E-state index in [2.05, 4.69) is 51.7 Å². The molecule has 6 aromatic rings. The van der Waals surface area contributed by atoms with E-state index in [1.54, 1.807) is 41.3 Å². The molecule has 48 heavy (non-hydrogen) atoms. The molecule has 0 spiro atoms. The van der Waals surface area contributed by atoms with Gasteiger partial charge in [-0.2, -0.15) is 5.10 Å². The number of nitrogens with one attached hydrogen (secondary N) is 3. The van der Waals surface area contributed by atoms with E-state index < -0.39 is 6.03 Å². The lowest BCUT2D eigenvalue weighted by Gasteiger charge is -2.15. The van der Waals surface area contributed by atoms with E-state index in [0.717, 1.165) is 40.6 Å². The standard InChI is InChI=1S/C37H36N8O3/c1-37(2,3)32-19-35(45(44-32)25-10-12-26(46)13-11-25)43-36(47)41-29-14-15-31(28-7-5-4-6-27(28)29)48-22-23-16-17-39-33(18-23)42-34-21-38-20-30(40-34)24-8-9-24/h4-7,10-21,24,46H,8-9,22H2,1-3H3,(H,39,40,42)(H2,41,43,47). The van der Waals surface area contributed by atoms with Gasteiger partial charge in [0, 0.05) is 40.6 Å². The van der Waals surface area contributed by atoms with Gasteiger partial charge in [-0.3, -0.25) is 10.3 Å². The highest BCUT2D eigenvalue weighted by Gasteiger charge is 2.25. The summed E-state index contributed by atoms with van der Waals surface area (Å²) in [4.78, 5) is 26.8. The Balaban J connectivity index is 1.06. The first-order valence-electron chi connectivity index (χ1n) is 15.9. The average molecular weight is 641 g/mol. The molecule has 0 unspecified atom stereocenters. The summed E-state index contributed by atoms with van der Waals surface area (Å²) in [6, 6.07) is 23.4. The third-order valence-corrected chi connectivity index (χ3v) is 8.07. The Labute approximate surface area is 278 Å². The van der Waals surface area contributed by atoms with Crippen molar-refractivity contribution in [3.63, 3.8) is 0 Å². The number of phenols is 1. The van der Waals surface area contributed by atoms with Crippen molar-refractivity contribution in [2.45, 2.75) is 51.6 Å². The number of rotatable bonds is 9. The molecule has 242 valence electrons. The zero-order valence-corrected chi connectivity index (χ0v) is 26.9. The molecule has 1 saturated carbocycles. The number of aromatic hydroxyl groups is 1. The number of nitrogens with zero attached hydrogens (tertiary/aromatic N) is 5. The third-order valence-electron chi connectivity index (χ3n) is 8.07. The minimum absolute atomic E-state index is 0.150. The van der Waals surface area contributed by atoms with Crippen LogP contribution in [0.3, 0.4) is 0 Å². The number of hydrogen-bond donors (Lipinski definition) is 4. The summed E-state index contributed by atoms with van der Waals surface area (Å²) in [5.41, 5.74) is 3.85. The monoisotopic (exact) mass is 640 g/mol. The first-order chi connectivity index (χ1) is 23.2. The molecule has 4 N–H and O–H groups in total. The fraction of sp³-hybridized carbons (Fsp3) is 0.216. The van der Waals surface area contributed by atoms with Gasteiger partial charge in [-0.1, -0.05) is 45.0 Å². The van der Waals surface area contributed by atoms with Crippen LogP contribution in [0.15, 0.2) is 97.5 Å². The highest BCUT2D eigenvalue weighted by molar-refractivity contribution is 6.07. The molecule has 3 aromatic carbocycles. The molecule has 0 atom stereocenters. The average Bonchev–Trinajstić information content (AvgIpc) is 3.84. The summed E-state index contributed by atoms with van der Waals surface area (Å²) in [7, 11) is 0. The number of ether oxygens (including phenoxy) is 1. The van der Waals surface area contributed by atoms with Crippen LogP contribution in [0.1, 0.15) is 56.5 Å². The van der Waals surface area contributed by atoms with Crippen LogP contribution >= 0.6 is 0 Å². The van der Waals surface area contributed by atoms with Gasteiger partial charge in [0.1, 0.15) is 35.6 Å². The first-order valence-corrected chi connectivity index (χ1v) is 15.9. The number of fused-ring (bicyclic) bond motifs is 1. The minimum Gasteiger partial charge on any atom is -0.508 e. The number of carbonyl (C=O) groups is 1. The molecule has 11 heteroatoms. The van der Waals surface area contributed by atoms with E-state index in [4.69, 9.17) is 9.84 Å². The molecule has 0 radical (unpaired) electrons. The number of phenolic OH excluding ortho intramolecular Hbond substituents is 1. The van der Waals surface area contributed by atoms with E-state index in [0.29, 0.717) is 47.1 Å². The maximum absolute atomic E-state index is 13.4. The highest BCUT2D eigenvalue weighted by atomic mass is 16.5. The van der Waals surface area contributed by atoms with E-state index in [1.807, 2.05) is 60.8 Å². The van der Waals surface area contributed by atoms with Crippen LogP contribution in [0.5, 0.6) is 11.5 Å². The predicted octanol–water partition coefficient (Wildman–Crippen LogP) is 8.06. The molecule has 0 aliphatic heterocycles. The van der Waals surface area contributed by atoms with Gasteiger partial charge in [0.05, 0.1) is 29.0 Å². The molecule has 3 aromatic heterocycles. The lowest BCUT2D eigenvalue weighted by Crippen LogP contribution is -2.21. The third kappa shape index (κ3) is 6.90. The summed E-state index contributed by atoms with van der Waals surface area (Å²) in [6.45, 7) is 6.50. The van der Waals surface area contributed by atoms with Gasteiger partial charge in [0.15, 0.2) is 0 Å². The Bertz CT molecular complexity index is 2100. The summed E-state index contributed by atoms with van der Waals surface area (Å²) in [5.74, 6) is 3.18. The van der Waals surface area contributed by atoms with E-state index in [-0.39, 0.29) is 11.2 Å². The molecule has 7 rings (SSSR count). The number of carbonyl (C=O) groups excluding carboxylic acids is 1. The second kappa shape index (κ2) is 12.7. The number of aromatic nitrogens is 5. The largest absolute Gasteiger partial charge is 0.508 e. The number of hydrogen-bond acceptors (Lipinski definition) is 8. The molecule has 0 bridgehead atoms. The zero-order valence-electron chi connectivity index (χ0n) is 26.9. The van der Waals surface area contributed by atoms with Crippen LogP contribution < -0.4 is 20.7 Å². The summed E-state index contributed by atoms with van der Waals surface area (Å²) >= 11 is 0. The number of urea groups is 1.